The Kier molecular flexibility index (Phi) is 3.06. The molecule has 3 heteroatoms. The van der Waals surface area contributed by atoms with E-state index in [4.69, 9.17) is 9.47 Å². The molecule has 1 aliphatic heterocycles. The quantitative estimate of drug-likeness (QED) is 0.714. The van der Waals surface area contributed by atoms with Gasteiger partial charge in [0.25, 0.3) is 0 Å². The molecule has 3 nitrogen and oxygen atoms in total. The van der Waals surface area contributed by atoms with Gasteiger partial charge in [0.15, 0.2) is 0 Å². The molecule has 1 aromatic carbocycles. The summed E-state index contributed by atoms with van der Waals surface area (Å²) in [5.41, 5.74) is 1.64. The molecule has 0 aromatic heterocycles. The number of carbonyl (C=O) groups is 1. The Bertz CT molecular complexity index is 408. The first-order valence-electron chi connectivity index (χ1n) is 5.23. The normalized spacial score (nSPS) is 24.0. The van der Waals surface area contributed by atoms with Gasteiger partial charge in [0.2, 0.25) is 0 Å². The summed E-state index contributed by atoms with van der Waals surface area (Å²) in [4.78, 5) is 11.4. The molecule has 0 saturated heterocycles. The average Bonchev–Trinajstić information content (AvgIpc) is 2.71. The van der Waals surface area contributed by atoms with Crippen molar-refractivity contribution in [3.05, 3.63) is 47.5 Å². The van der Waals surface area contributed by atoms with Crippen LogP contribution < -0.4 is 0 Å². The molecule has 0 fully saturated rings. The number of benzene rings is 1. The van der Waals surface area contributed by atoms with Crippen LogP contribution in [0.1, 0.15) is 18.6 Å². The maximum atomic E-state index is 11.4. The van der Waals surface area contributed by atoms with Gasteiger partial charge in [-0.3, -0.25) is 0 Å². The van der Waals surface area contributed by atoms with Crippen molar-refractivity contribution < 1.29 is 14.3 Å². The van der Waals surface area contributed by atoms with Gasteiger partial charge in [-0.2, -0.15) is 0 Å². The minimum absolute atomic E-state index is 0.148. The Morgan fingerprint density at radius 3 is 2.62 bits per heavy atom. The average molecular weight is 218 g/mol. The Balaban J connectivity index is 2.22. The zero-order valence-electron chi connectivity index (χ0n) is 9.34. The van der Waals surface area contributed by atoms with Crippen molar-refractivity contribution in [1.82, 2.24) is 0 Å². The highest BCUT2D eigenvalue weighted by Gasteiger charge is 2.29. The van der Waals surface area contributed by atoms with Crippen molar-refractivity contribution in [1.29, 1.82) is 0 Å². The number of methoxy groups -OCH3 is 1. The zero-order chi connectivity index (χ0) is 11.5. The lowest BCUT2D eigenvalue weighted by atomic mass is 10.1. The monoisotopic (exact) mass is 218 g/mol. The molecule has 0 radical (unpaired) electrons. The smallest absolute Gasteiger partial charge is 0.336 e. The summed E-state index contributed by atoms with van der Waals surface area (Å²) in [5, 5.41) is 0. The molecule has 0 N–H and O–H groups in total. The summed E-state index contributed by atoms with van der Waals surface area (Å²) in [6.45, 7) is 1.85. The number of esters is 1. The van der Waals surface area contributed by atoms with Crippen LogP contribution in [0.2, 0.25) is 0 Å². The third-order valence-corrected chi connectivity index (χ3v) is 2.67. The topological polar surface area (TPSA) is 35.5 Å². The summed E-state index contributed by atoms with van der Waals surface area (Å²) in [5.74, 6) is -0.314. The fourth-order valence-corrected chi connectivity index (χ4v) is 1.80. The van der Waals surface area contributed by atoms with Gasteiger partial charge in [-0.25, -0.2) is 4.79 Å². The fraction of sp³-hybridized carbons (Fsp3) is 0.308. The maximum Gasteiger partial charge on any atom is 0.336 e. The third-order valence-electron chi connectivity index (χ3n) is 2.67. The third kappa shape index (κ3) is 1.99. The predicted octanol–water partition coefficient (Wildman–Crippen LogP) is 2.25. The first kappa shape index (κ1) is 10.9. The van der Waals surface area contributed by atoms with E-state index in [1.807, 2.05) is 43.3 Å². The summed E-state index contributed by atoms with van der Waals surface area (Å²) >= 11 is 0. The van der Waals surface area contributed by atoms with E-state index in [9.17, 15) is 4.79 Å². The second-order valence-electron chi connectivity index (χ2n) is 3.72. The lowest BCUT2D eigenvalue weighted by molar-refractivity contribution is -0.137. The number of rotatable bonds is 2. The van der Waals surface area contributed by atoms with Gasteiger partial charge in [0.1, 0.15) is 6.10 Å². The second-order valence-corrected chi connectivity index (χ2v) is 3.72. The molecule has 0 amide bonds. The maximum absolute atomic E-state index is 11.4. The highest BCUT2D eigenvalue weighted by molar-refractivity contribution is 5.90. The van der Waals surface area contributed by atoms with Crippen LogP contribution in [0.4, 0.5) is 0 Å². The minimum Gasteiger partial charge on any atom is -0.466 e. The molecule has 84 valence electrons. The van der Waals surface area contributed by atoms with E-state index < -0.39 is 0 Å². The zero-order valence-corrected chi connectivity index (χ0v) is 9.34. The van der Waals surface area contributed by atoms with Crippen LogP contribution in [0.3, 0.4) is 0 Å². The van der Waals surface area contributed by atoms with E-state index in [2.05, 4.69) is 0 Å². The molecule has 0 bridgehead atoms. The number of ether oxygens (including phenoxy) is 2. The number of hydrogen-bond donors (Lipinski definition) is 0. The van der Waals surface area contributed by atoms with Crippen LogP contribution in [-0.2, 0) is 14.3 Å². The first-order valence-corrected chi connectivity index (χ1v) is 5.23. The van der Waals surface area contributed by atoms with Crippen molar-refractivity contribution in [3.8, 4) is 0 Å². The molecule has 0 spiro atoms. The highest BCUT2D eigenvalue weighted by atomic mass is 16.5. The van der Waals surface area contributed by atoms with Crippen molar-refractivity contribution in [2.45, 2.75) is 19.1 Å². The molecule has 2 atom stereocenters. The van der Waals surface area contributed by atoms with Crippen LogP contribution in [0, 0.1) is 0 Å². The molecule has 0 saturated carbocycles. The van der Waals surface area contributed by atoms with Gasteiger partial charge in [-0.05, 0) is 18.6 Å². The molecule has 16 heavy (non-hydrogen) atoms. The summed E-state index contributed by atoms with van der Waals surface area (Å²) in [6.07, 6.45) is 1.47. The Morgan fingerprint density at radius 1 is 1.31 bits per heavy atom. The minimum atomic E-state index is -0.314. The molecule has 1 aliphatic rings. The Hall–Kier alpha value is -1.61. The van der Waals surface area contributed by atoms with Gasteiger partial charge in [0.05, 0.1) is 18.8 Å². The lowest BCUT2D eigenvalue weighted by Gasteiger charge is -2.11. The van der Waals surface area contributed by atoms with E-state index in [0.717, 1.165) is 5.56 Å². The molecule has 0 unspecified atom stereocenters. The SMILES string of the molecule is COC(=O)C1=C[C@H](c2ccccc2)O[C@@H]1C. The number of hydrogen-bond acceptors (Lipinski definition) is 3. The molecular formula is C13H14O3. The van der Waals surface area contributed by atoms with Crippen LogP contribution in [0.15, 0.2) is 42.0 Å². The molecular weight excluding hydrogens is 204 g/mol. The molecule has 0 aliphatic carbocycles. The van der Waals surface area contributed by atoms with Crippen molar-refractivity contribution in [2.24, 2.45) is 0 Å². The van der Waals surface area contributed by atoms with Crippen molar-refractivity contribution in [2.75, 3.05) is 7.11 Å². The molecule has 2 rings (SSSR count). The van der Waals surface area contributed by atoms with Crippen LogP contribution in [0.25, 0.3) is 0 Å². The van der Waals surface area contributed by atoms with Crippen LogP contribution in [-0.4, -0.2) is 19.2 Å². The molecule has 1 heterocycles. The van der Waals surface area contributed by atoms with Gasteiger partial charge >= 0.3 is 5.97 Å². The van der Waals surface area contributed by atoms with Crippen molar-refractivity contribution in [3.63, 3.8) is 0 Å². The highest BCUT2D eigenvalue weighted by Crippen LogP contribution is 2.31. The number of carbonyl (C=O) groups excluding carboxylic acids is 1. The van der Waals surface area contributed by atoms with E-state index in [1.54, 1.807) is 0 Å². The van der Waals surface area contributed by atoms with Crippen molar-refractivity contribution >= 4 is 5.97 Å². The van der Waals surface area contributed by atoms with E-state index in [1.165, 1.54) is 7.11 Å². The lowest BCUT2D eigenvalue weighted by Crippen LogP contribution is -2.14. The largest absolute Gasteiger partial charge is 0.466 e. The van der Waals surface area contributed by atoms with Crippen LogP contribution in [0.5, 0.6) is 0 Å². The first-order chi connectivity index (χ1) is 7.72. The van der Waals surface area contributed by atoms with Gasteiger partial charge in [0, 0.05) is 0 Å². The van der Waals surface area contributed by atoms with Gasteiger partial charge in [-0.15, -0.1) is 0 Å². The Labute approximate surface area is 94.7 Å². The van der Waals surface area contributed by atoms with Gasteiger partial charge < -0.3 is 9.47 Å². The summed E-state index contributed by atoms with van der Waals surface area (Å²) < 4.78 is 10.4. The van der Waals surface area contributed by atoms with E-state index in [0.29, 0.717) is 5.57 Å². The molecule has 1 aromatic rings. The summed E-state index contributed by atoms with van der Waals surface area (Å²) in [7, 11) is 1.38. The van der Waals surface area contributed by atoms with E-state index in [-0.39, 0.29) is 18.2 Å². The second kappa shape index (κ2) is 4.49. The van der Waals surface area contributed by atoms with Crippen LogP contribution >= 0.6 is 0 Å². The standard InChI is InChI=1S/C13H14O3/c1-9-11(13(14)15-2)8-12(16-9)10-6-4-3-5-7-10/h3-9,12H,1-2H3/t9-,12-/m1/s1. The van der Waals surface area contributed by atoms with Gasteiger partial charge in [-0.1, -0.05) is 30.3 Å². The predicted molar refractivity (Wildman–Crippen MR) is 59.8 cm³/mol. The summed E-state index contributed by atoms with van der Waals surface area (Å²) in [6, 6.07) is 9.82. The fourth-order valence-electron chi connectivity index (χ4n) is 1.80. The Morgan fingerprint density at radius 2 is 2.00 bits per heavy atom. The van der Waals surface area contributed by atoms with E-state index >= 15 is 0 Å².